The Morgan fingerprint density at radius 3 is 3.00 bits per heavy atom. The smallest absolute Gasteiger partial charge is 0.271 e. The standard InChI is InChI=1S/C14H16N4O2/c15-11-7-18(17-13(11)14(16)19)8-12-10-4-2-1-3-9(10)5-6-20-12/h1-4,7,12H,5-6,8,15H2,(H2,16,19). The van der Waals surface area contributed by atoms with Crippen LogP contribution in [0.2, 0.25) is 0 Å². The number of rotatable bonds is 3. The van der Waals surface area contributed by atoms with E-state index in [0.29, 0.717) is 18.8 Å². The summed E-state index contributed by atoms with van der Waals surface area (Å²) in [7, 11) is 0. The van der Waals surface area contributed by atoms with E-state index in [-0.39, 0.29) is 11.8 Å². The molecule has 1 aromatic carbocycles. The van der Waals surface area contributed by atoms with Gasteiger partial charge in [0, 0.05) is 6.20 Å². The third-order valence-corrected chi connectivity index (χ3v) is 3.47. The second-order valence-corrected chi connectivity index (χ2v) is 4.83. The van der Waals surface area contributed by atoms with E-state index < -0.39 is 5.91 Å². The van der Waals surface area contributed by atoms with Crippen molar-refractivity contribution in [3.63, 3.8) is 0 Å². The lowest BCUT2D eigenvalue weighted by Gasteiger charge is -2.25. The van der Waals surface area contributed by atoms with Crippen LogP contribution in [0.25, 0.3) is 0 Å². The topological polar surface area (TPSA) is 96.2 Å². The molecule has 1 aliphatic heterocycles. The molecule has 0 spiro atoms. The second-order valence-electron chi connectivity index (χ2n) is 4.83. The largest absolute Gasteiger partial charge is 0.396 e. The fraction of sp³-hybridized carbons (Fsp3) is 0.286. The molecule has 20 heavy (non-hydrogen) atoms. The number of anilines is 1. The monoisotopic (exact) mass is 272 g/mol. The molecule has 104 valence electrons. The highest BCUT2D eigenvalue weighted by atomic mass is 16.5. The van der Waals surface area contributed by atoms with Gasteiger partial charge in [-0.15, -0.1) is 0 Å². The number of nitrogens with zero attached hydrogens (tertiary/aromatic N) is 2. The Morgan fingerprint density at radius 2 is 2.25 bits per heavy atom. The molecule has 0 saturated heterocycles. The Balaban J connectivity index is 1.86. The molecule has 2 heterocycles. The fourth-order valence-corrected chi connectivity index (χ4v) is 2.52. The number of aromatic nitrogens is 2. The van der Waals surface area contributed by atoms with Gasteiger partial charge in [0.2, 0.25) is 0 Å². The number of nitrogens with two attached hydrogens (primary N) is 2. The molecule has 2 aromatic rings. The average molecular weight is 272 g/mol. The third-order valence-electron chi connectivity index (χ3n) is 3.47. The first-order chi connectivity index (χ1) is 9.65. The van der Waals surface area contributed by atoms with Crippen molar-refractivity contribution < 1.29 is 9.53 Å². The van der Waals surface area contributed by atoms with Gasteiger partial charge in [0.25, 0.3) is 5.91 Å². The number of nitrogen functional groups attached to an aromatic ring is 1. The van der Waals surface area contributed by atoms with Crippen molar-refractivity contribution in [1.29, 1.82) is 0 Å². The maximum absolute atomic E-state index is 11.2. The Hall–Kier alpha value is -2.34. The van der Waals surface area contributed by atoms with Crippen LogP contribution in [0.1, 0.15) is 27.7 Å². The van der Waals surface area contributed by atoms with Crippen molar-refractivity contribution in [3.8, 4) is 0 Å². The number of primary amides is 1. The average Bonchev–Trinajstić information content (AvgIpc) is 2.80. The number of ether oxygens (including phenoxy) is 1. The normalized spacial score (nSPS) is 17.7. The summed E-state index contributed by atoms with van der Waals surface area (Å²) in [4.78, 5) is 11.2. The predicted octanol–water partition coefficient (Wildman–Crippen LogP) is 0.878. The molecule has 6 heteroatoms. The summed E-state index contributed by atoms with van der Waals surface area (Å²) in [5, 5.41) is 4.11. The van der Waals surface area contributed by atoms with Crippen molar-refractivity contribution in [2.75, 3.05) is 12.3 Å². The summed E-state index contributed by atoms with van der Waals surface area (Å²) in [5.41, 5.74) is 13.8. The summed E-state index contributed by atoms with van der Waals surface area (Å²) in [6.07, 6.45) is 2.45. The molecule has 1 atom stereocenters. The zero-order valence-electron chi connectivity index (χ0n) is 11.0. The van der Waals surface area contributed by atoms with Gasteiger partial charge in [-0.1, -0.05) is 24.3 Å². The molecule has 0 saturated carbocycles. The van der Waals surface area contributed by atoms with Crippen LogP contribution >= 0.6 is 0 Å². The Labute approximate surface area is 116 Å². The maximum atomic E-state index is 11.2. The van der Waals surface area contributed by atoms with Gasteiger partial charge >= 0.3 is 0 Å². The van der Waals surface area contributed by atoms with Crippen LogP contribution < -0.4 is 11.5 Å². The van der Waals surface area contributed by atoms with Gasteiger partial charge in [0.05, 0.1) is 18.8 Å². The van der Waals surface area contributed by atoms with Crippen molar-refractivity contribution in [2.45, 2.75) is 19.1 Å². The van der Waals surface area contributed by atoms with Crippen LogP contribution in [0.15, 0.2) is 30.5 Å². The van der Waals surface area contributed by atoms with E-state index >= 15 is 0 Å². The van der Waals surface area contributed by atoms with Gasteiger partial charge in [-0.25, -0.2) is 0 Å². The number of hydrogen-bond donors (Lipinski definition) is 2. The summed E-state index contributed by atoms with van der Waals surface area (Å²) < 4.78 is 7.41. The van der Waals surface area contributed by atoms with E-state index in [4.69, 9.17) is 16.2 Å². The summed E-state index contributed by atoms with van der Waals surface area (Å²) >= 11 is 0. The molecule has 0 radical (unpaired) electrons. The summed E-state index contributed by atoms with van der Waals surface area (Å²) in [6, 6.07) is 8.18. The van der Waals surface area contributed by atoms with Crippen LogP contribution in [0.5, 0.6) is 0 Å². The lowest BCUT2D eigenvalue weighted by molar-refractivity contribution is 0.0282. The van der Waals surface area contributed by atoms with Gasteiger partial charge < -0.3 is 16.2 Å². The van der Waals surface area contributed by atoms with E-state index in [1.54, 1.807) is 10.9 Å². The van der Waals surface area contributed by atoms with Crippen LogP contribution in [-0.2, 0) is 17.7 Å². The zero-order valence-corrected chi connectivity index (χ0v) is 11.0. The molecule has 1 aliphatic rings. The van der Waals surface area contributed by atoms with E-state index in [0.717, 1.165) is 12.0 Å². The van der Waals surface area contributed by atoms with Gasteiger partial charge in [-0.2, -0.15) is 5.10 Å². The highest BCUT2D eigenvalue weighted by molar-refractivity contribution is 5.95. The summed E-state index contributed by atoms with van der Waals surface area (Å²) in [5.74, 6) is -0.619. The number of carbonyl (C=O) groups excluding carboxylic acids is 1. The number of carbonyl (C=O) groups is 1. The molecular weight excluding hydrogens is 256 g/mol. The van der Waals surface area contributed by atoms with Crippen molar-refractivity contribution in [3.05, 3.63) is 47.3 Å². The fourth-order valence-electron chi connectivity index (χ4n) is 2.52. The molecule has 1 unspecified atom stereocenters. The second kappa shape index (κ2) is 4.97. The zero-order chi connectivity index (χ0) is 14.1. The Bertz CT molecular complexity index is 650. The SMILES string of the molecule is NC(=O)c1nn(CC2OCCc3ccccc32)cc1N. The Kier molecular flexibility index (Phi) is 3.15. The first kappa shape index (κ1) is 12.7. The number of fused-ring (bicyclic) bond motifs is 1. The highest BCUT2D eigenvalue weighted by Gasteiger charge is 2.22. The minimum atomic E-state index is -0.619. The predicted molar refractivity (Wildman–Crippen MR) is 74.0 cm³/mol. The Morgan fingerprint density at radius 1 is 1.45 bits per heavy atom. The number of amides is 1. The van der Waals surface area contributed by atoms with Crippen molar-refractivity contribution in [1.82, 2.24) is 9.78 Å². The third kappa shape index (κ3) is 2.25. The molecule has 4 N–H and O–H groups in total. The first-order valence-corrected chi connectivity index (χ1v) is 6.47. The molecule has 1 aromatic heterocycles. The minimum absolute atomic E-state index is 0.0834. The quantitative estimate of drug-likeness (QED) is 0.866. The maximum Gasteiger partial charge on any atom is 0.271 e. The molecule has 0 bridgehead atoms. The van der Waals surface area contributed by atoms with E-state index in [1.165, 1.54) is 5.56 Å². The minimum Gasteiger partial charge on any atom is -0.396 e. The molecule has 0 aliphatic carbocycles. The molecule has 3 rings (SSSR count). The first-order valence-electron chi connectivity index (χ1n) is 6.47. The lowest BCUT2D eigenvalue weighted by atomic mass is 9.98. The lowest BCUT2D eigenvalue weighted by Crippen LogP contribution is -2.21. The van der Waals surface area contributed by atoms with Crippen molar-refractivity contribution in [2.24, 2.45) is 5.73 Å². The van der Waals surface area contributed by atoms with Gasteiger partial charge in [0.15, 0.2) is 5.69 Å². The molecular formula is C14H16N4O2. The van der Waals surface area contributed by atoms with Crippen LogP contribution in [-0.4, -0.2) is 22.3 Å². The molecule has 1 amide bonds. The van der Waals surface area contributed by atoms with Crippen LogP contribution in [0.3, 0.4) is 0 Å². The summed E-state index contributed by atoms with van der Waals surface area (Å²) in [6.45, 7) is 1.19. The van der Waals surface area contributed by atoms with Crippen LogP contribution in [0, 0.1) is 0 Å². The van der Waals surface area contributed by atoms with E-state index in [9.17, 15) is 4.79 Å². The number of benzene rings is 1. The van der Waals surface area contributed by atoms with Gasteiger partial charge in [-0.3, -0.25) is 9.48 Å². The van der Waals surface area contributed by atoms with Crippen LogP contribution in [0.4, 0.5) is 5.69 Å². The van der Waals surface area contributed by atoms with Gasteiger partial charge in [-0.05, 0) is 17.5 Å². The molecule has 0 fully saturated rings. The van der Waals surface area contributed by atoms with E-state index in [1.807, 2.05) is 12.1 Å². The molecule has 6 nitrogen and oxygen atoms in total. The van der Waals surface area contributed by atoms with Gasteiger partial charge in [0.1, 0.15) is 6.10 Å². The highest BCUT2D eigenvalue weighted by Crippen LogP contribution is 2.28. The number of hydrogen-bond acceptors (Lipinski definition) is 4. The van der Waals surface area contributed by atoms with Crippen molar-refractivity contribution >= 4 is 11.6 Å². The van der Waals surface area contributed by atoms with E-state index in [2.05, 4.69) is 17.2 Å².